The lowest BCUT2D eigenvalue weighted by Crippen LogP contribution is -2.31. The fourth-order valence-electron chi connectivity index (χ4n) is 1.63. The SMILES string of the molecule is CC(C)(CCNC(=O)Cn1ccnn1)CCC(=O)O. The van der Waals surface area contributed by atoms with Crippen molar-refractivity contribution in [2.45, 2.75) is 39.7 Å². The van der Waals surface area contributed by atoms with Crippen LogP contribution in [0.1, 0.15) is 33.1 Å². The molecule has 1 aromatic rings. The predicted molar refractivity (Wildman–Crippen MR) is 68.3 cm³/mol. The Morgan fingerprint density at radius 3 is 2.68 bits per heavy atom. The minimum Gasteiger partial charge on any atom is -0.481 e. The molecule has 1 heterocycles. The summed E-state index contributed by atoms with van der Waals surface area (Å²) in [6.45, 7) is 4.68. The smallest absolute Gasteiger partial charge is 0.303 e. The maximum Gasteiger partial charge on any atom is 0.303 e. The molecular weight excluding hydrogens is 248 g/mol. The third-order valence-corrected chi connectivity index (χ3v) is 2.92. The van der Waals surface area contributed by atoms with Crippen molar-refractivity contribution in [3.63, 3.8) is 0 Å². The summed E-state index contributed by atoms with van der Waals surface area (Å²) in [5.74, 6) is -0.914. The van der Waals surface area contributed by atoms with Crippen molar-refractivity contribution >= 4 is 11.9 Å². The number of nitrogens with zero attached hydrogens (tertiary/aromatic N) is 3. The normalized spacial score (nSPS) is 11.3. The largest absolute Gasteiger partial charge is 0.481 e. The molecule has 0 bridgehead atoms. The number of carboxylic acids is 1. The molecule has 0 aliphatic rings. The van der Waals surface area contributed by atoms with Gasteiger partial charge >= 0.3 is 5.97 Å². The Balaban J connectivity index is 2.21. The summed E-state index contributed by atoms with van der Waals surface area (Å²) in [6.07, 6.45) is 4.63. The van der Waals surface area contributed by atoms with E-state index < -0.39 is 5.97 Å². The summed E-state index contributed by atoms with van der Waals surface area (Å²) in [6, 6.07) is 0. The summed E-state index contributed by atoms with van der Waals surface area (Å²) in [5.41, 5.74) is -0.0983. The van der Waals surface area contributed by atoms with Crippen molar-refractivity contribution in [3.8, 4) is 0 Å². The first kappa shape index (κ1) is 15.1. The maximum atomic E-state index is 11.6. The van der Waals surface area contributed by atoms with Crippen LogP contribution in [-0.4, -0.2) is 38.5 Å². The minimum absolute atomic E-state index is 0.0983. The highest BCUT2D eigenvalue weighted by Crippen LogP contribution is 2.25. The first-order valence-electron chi connectivity index (χ1n) is 6.22. The van der Waals surface area contributed by atoms with Gasteiger partial charge in [-0.15, -0.1) is 5.10 Å². The van der Waals surface area contributed by atoms with Crippen LogP contribution in [0.4, 0.5) is 0 Å². The molecule has 0 aromatic carbocycles. The van der Waals surface area contributed by atoms with Crippen LogP contribution in [0.5, 0.6) is 0 Å². The summed E-state index contributed by atoms with van der Waals surface area (Å²) in [7, 11) is 0. The summed E-state index contributed by atoms with van der Waals surface area (Å²) in [4.78, 5) is 22.1. The van der Waals surface area contributed by atoms with Gasteiger partial charge in [0.2, 0.25) is 5.91 Å². The highest BCUT2D eigenvalue weighted by molar-refractivity contribution is 5.75. The van der Waals surface area contributed by atoms with E-state index in [1.54, 1.807) is 6.20 Å². The van der Waals surface area contributed by atoms with E-state index in [1.165, 1.54) is 10.9 Å². The zero-order chi connectivity index (χ0) is 14.3. The fraction of sp³-hybridized carbons (Fsp3) is 0.667. The van der Waals surface area contributed by atoms with Crippen molar-refractivity contribution in [2.75, 3.05) is 6.54 Å². The number of hydrogen-bond donors (Lipinski definition) is 2. The van der Waals surface area contributed by atoms with Gasteiger partial charge in [-0.2, -0.15) is 0 Å². The van der Waals surface area contributed by atoms with Gasteiger partial charge in [-0.1, -0.05) is 19.1 Å². The predicted octanol–water partition coefficient (Wildman–Crippen LogP) is 0.675. The van der Waals surface area contributed by atoms with Crippen LogP contribution in [0.2, 0.25) is 0 Å². The minimum atomic E-state index is -0.789. The molecule has 1 rings (SSSR count). The van der Waals surface area contributed by atoms with E-state index in [0.717, 1.165) is 6.42 Å². The average Bonchev–Trinajstić information content (AvgIpc) is 2.79. The second-order valence-corrected chi connectivity index (χ2v) is 5.26. The number of carbonyl (C=O) groups is 2. The number of carbonyl (C=O) groups excluding carboxylic acids is 1. The number of aromatic nitrogens is 3. The van der Waals surface area contributed by atoms with Crippen molar-refractivity contribution in [1.82, 2.24) is 20.3 Å². The Morgan fingerprint density at radius 2 is 2.11 bits per heavy atom. The lowest BCUT2D eigenvalue weighted by atomic mass is 9.84. The Labute approximate surface area is 112 Å². The Hall–Kier alpha value is -1.92. The third-order valence-electron chi connectivity index (χ3n) is 2.92. The van der Waals surface area contributed by atoms with Crippen LogP contribution < -0.4 is 5.32 Å². The molecule has 1 amide bonds. The van der Waals surface area contributed by atoms with E-state index in [0.29, 0.717) is 13.0 Å². The second kappa shape index (κ2) is 6.86. The molecule has 7 nitrogen and oxygen atoms in total. The molecule has 0 unspecified atom stereocenters. The number of hydrogen-bond acceptors (Lipinski definition) is 4. The van der Waals surface area contributed by atoms with Gasteiger partial charge in [0, 0.05) is 19.2 Å². The number of nitrogens with one attached hydrogen (secondary N) is 1. The van der Waals surface area contributed by atoms with E-state index in [2.05, 4.69) is 15.6 Å². The van der Waals surface area contributed by atoms with E-state index >= 15 is 0 Å². The zero-order valence-corrected chi connectivity index (χ0v) is 11.3. The van der Waals surface area contributed by atoms with Gasteiger partial charge in [-0.05, 0) is 18.3 Å². The quantitative estimate of drug-likeness (QED) is 0.722. The van der Waals surface area contributed by atoms with Crippen LogP contribution in [0, 0.1) is 5.41 Å². The lowest BCUT2D eigenvalue weighted by Gasteiger charge is -2.23. The van der Waals surface area contributed by atoms with Gasteiger partial charge in [0.05, 0.1) is 6.20 Å². The molecule has 0 fully saturated rings. The van der Waals surface area contributed by atoms with Gasteiger partial charge in [0.25, 0.3) is 0 Å². The van der Waals surface area contributed by atoms with Gasteiger partial charge in [0.1, 0.15) is 6.54 Å². The van der Waals surface area contributed by atoms with Crippen LogP contribution >= 0.6 is 0 Å². The van der Waals surface area contributed by atoms with Crippen molar-refractivity contribution in [3.05, 3.63) is 12.4 Å². The molecule has 0 spiro atoms. The number of aliphatic carboxylic acids is 1. The van der Waals surface area contributed by atoms with Gasteiger partial charge < -0.3 is 10.4 Å². The first-order chi connectivity index (χ1) is 8.89. The molecule has 0 radical (unpaired) electrons. The molecule has 0 aliphatic carbocycles. The van der Waals surface area contributed by atoms with Gasteiger partial charge in [-0.3, -0.25) is 9.59 Å². The molecule has 1 aromatic heterocycles. The van der Waals surface area contributed by atoms with E-state index in [1.807, 2.05) is 13.8 Å². The van der Waals surface area contributed by atoms with E-state index in [4.69, 9.17) is 5.11 Å². The average molecular weight is 268 g/mol. The lowest BCUT2D eigenvalue weighted by molar-refractivity contribution is -0.137. The summed E-state index contributed by atoms with van der Waals surface area (Å²) in [5, 5.41) is 18.8. The van der Waals surface area contributed by atoms with Crippen LogP contribution in [0.15, 0.2) is 12.4 Å². The number of rotatable bonds is 8. The highest BCUT2D eigenvalue weighted by Gasteiger charge is 2.19. The topological polar surface area (TPSA) is 97.1 Å². The van der Waals surface area contributed by atoms with Gasteiger partial charge in [0.15, 0.2) is 0 Å². The Morgan fingerprint density at radius 1 is 1.37 bits per heavy atom. The third kappa shape index (κ3) is 6.54. The Kier molecular flexibility index (Phi) is 5.47. The molecule has 2 N–H and O–H groups in total. The van der Waals surface area contributed by atoms with E-state index in [-0.39, 0.29) is 24.3 Å². The van der Waals surface area contributed by atoms with Crippen molar-refractivity contribution in [2.24, 2.45) is 5.41 Å². The molecular formula is C12H20N4O3. The molecule has 0 atom stereocenters. The first-order valence-corrected chi connectivity index (χ1v) is 6.22. The van der Waals surface area contributed by atoms with Crippen molar-refractivity contribution in [1.29, 1.82) is 0 Å². The fourth-order valence-corrected chi connectivity index (χ4v) is 1.63. The summed E-state index contributed by atoms with van der Waals surface area (Å²) < 4.78 is 1.45. The van der Waals surface area contributed by atoms with Crippen LogP contribution in [-0.2, 0) is 16.1 Å². The molecule has 106 valence electrons. The molecule has 0 saturated carbocycles. The molecule has 19 heavy (non-hydrogen) atoms. The standard InChI is InChI=1S/C12H20N4O3/c1-12(2,4-3-11(18)19)5-6-13-10(17)9-16-8-7-14-15-16/h7-8H,3-6,9H2,1-2H3,(H,13,17)(H,18,19). The van der Waals surface area contributed by atoms with Gasteiger partial charge in [-0.25, -0.2) is 4.68 Å². The van der Waals surface area contributed by atoms with Crippen molar-refractivity contribution < 1.29 is 14.7 Å². The Bertz CT molecular complexity index is 415. The molecule has 7 heteroatoms. The molecule has 0 aliphatic heterocycles. The zero-order valence-electron chi connectivity index (χ0n) is 11.3. The molecule has 0 saturated heterocycles. The monoisotopic (exact) mass is 268 g/mol. The van der Waals surface area contributed by atoms with Crippen LogP contribution in [0.3, 0.4) is 0 Å². The van der Waals surface area contributed by atoms with E-state index in [9.17, 15) is 9.59 Å². The highest BCUT2D eigenvalue weighted by atomic mass is 16.4. The second-order valence-electron chi connectivity index (χ2n) is 5.26. The number of carboxylic acid groups (broad SMARTS) is 1. The van der Waals surface area contributed by atoms with Crippen LogP contribution in [0.25, 0.3) is 0 Å². The summed E-state index contributed by atoms with van der Waals surface area (Å²) >= 11 is 0. The maximum absolute atomic E-state index is 11.6. The number of amides is 1.